The number of aromatic nitrogens is 2. The van der Waals surface area contributed by atoms with Crippen LogP contribution >= 0.6 is 11.3 Å². The predicted octanol–water partition coefficient (Wildman–Crippen LogP) is 6.57. The first kappa shape index (κ1) is 31.1. The fourth-order valence-corrected chi connectivity index (χ4v) is 7.23. The van der Waals surface area contributed by atoms with Crippen LogP contribution in [0.5, 0.6) is 0 Å². The van der Waals surface area contributed by atoms with Crippen LogP contribution < -0.4 is 10.9 Å². The molecule has 0 aliphatic carbocycles. The summed E-state index contributed by atoms with van der Waals surface area (Å²) in [5.41, 5.74) is 8.08. The molecule has 228 valence electrons. The Labute approximate surface area is 258 Å². The third-order valence-electron chi connectivity index (χ3n) is 7.97. The molecule has 0 saturated carbocycles. The van der Waals surface area contributed by atoms with Crippen LogP contribution in [0.15, 0.2) is 41.2 Å². The van der Waals surface area contributed by atoms with E-state index < -0.39 is 0 Å². The summed E-state index contributed by atoms with van der Waals surface area (Å²) in [6.45, 7) is 17.2. The number of thiazole rings is 1. The summed E-state index contributed by atoms with van der Waals surface area (Å²) in [5, 5.41) is 4.13. The van der Waals surface area contributed by atoms with E-state index in [2.05, 4.69) is 67.2 Å². The second-order valence-corrected chi connectivity index (χ2v) is 14.0. The van der Waals surface area contributed by atoms with Gasteiger partial charge in [0.25, 0.3) is 11.5 Å². The maximum atomic E-state index is 13.8. The number of aryl methyl sites for hydroxylation is 3. The number of carbonyl (C=O) groups is 1. The highest BCUT2D eigenvalue weighted by Crippen LogP contribution is 2.38. The maximum absolute atomic E-state index is 13.8. The van der Waals surface area contributed by atoms with E-state index in [4.69, 9.17) is 9.72 Å². The zero-order chi connectivity index (χ0) is 30.7. The summed E-state index contributed by atoms with van der Waals surface area (Å²) >= 11 is 1.72. The Morgan fingerprint density at radius 2 is 1.84 bits per heavy atom. The van der Waals surface area contributed by atoms with E-state index in [1.165, 1.54) is 5.56 Å². The van der Waals surface area contributed by atoms with Crippen molar-refractivity contribution < 1.29 is 9.53 Å². The normalized spacial score (nSPS) is 14.4. The smallest absolute Gasteiger partial charge is 0.253 e. The molecule has 0 spiro atoms. The second kappa shape index (κ2) is 13.1. The van der Waals surface area contributed by atoms with E-state index in [0.717, 1.165) is 95.3 Å². The van der Waals surface area contributed by atoms with Crippen molar-refractivity contribution in [3.8, 4) is 11.1 Å². The standard InChI is InChI=1S/C35H44N4O3S/c1-7-8-26-17-22(2)37-34(41)29(26)20-36-33(40)27-18-28(32-31(23(27)3)38-30(43-32)19-35(4,5)6)25-11-9-24(10-12-25)21-39-13-15-42-16-14-39/h9-12,17-18H,7-8,13-16,19-21H2,1-6H3,(H,36,40)(H,37,41). The van der Waals surface area contributed by atoms with Crippen LogP contribution in [-0.4, -0.2) is 47.1 Å². The Balaban J connectivity index is 1.50. The molecular formula is C35H44N4O3S. The van der Waals surface area contributed by atoms with E-state index in [1.54, 1.807) is 11.3 Å². The molecule has 8 heteroatoms. The number of carbonyl (C=O) groups excluding carboxylic acids is 1. The minimum atomic E-state index is -0.197. The maximum Gasteiger partial charge on any atom is 0.253 e. The number of hydrogen-bond donors (Lipinski definition) is 2. The van der Waals surface area contributed by atoms with Crippen molar-refractivity contribution in [1.82, 2.24) is 20.2 Å². The number of ether oxygens (including phenoxy) is 1. The summed E-state index contributed by atoms with van der Waals surface area (Å²) in [6.07, 6.45) is 2.58. The lowest BCUT2D eigenvalue weighted by Gasteiger charge is -2.26. The molecule has 5 rings (SSSR count). The summed E-state index contributed by atoms with van der Waals surface area (Å²) in [6, 6.07) is 12.7. The largest absolute Gasteiger partial charge is 0.379 e. The quantitative estimate of drug-likeness (QED) is 0.227. The van der Waals surface area contributed by atoms with E-state index in [9.17, 15) is 9.59 Å². The number of aromatic amines is 1. The zero-order valence-corrected chi connectivity index (χ0v) is 27.2. The molecule has 43 heavy (non-hydrogen) atoms. The van der Waals surface area contributed by atoms with Gasteiger partial charge in [-0.15, -0.1) is 11.3 Å². The fourth-order valence-electron chi connectivity index (χ4n) is 5.77. The highest BCUT2D eigenvalue weighted by molar-refractivity contribution is 7.19. The summed E-state index contributed by atoms with van der Waals surface area (Å²) < 4.78 is 6.61. The minimum Gasteiger partial charge on any atom is -0.379 e. The van der Waals surface area contributed by atoms with Crippen LogP contribution in [0.25, 0.3) is 21.3 Å². The van der Waals surface area contributed by atoms with Gasteiger partial charge in [-0.2, -0.15) is 0 Å². The monoisotopic (exact) mass is 600 g/mol. The molecule has 1 amide bonds. The molecular weight excluding hydrogens is 556 g/mol. The van der Waals surface area contributed by atoms with Gasteiger partial charge in [0.2, 0.25) is 0 Å². The molecule has 3 heterocycles. The molecule has 1 fully saturated rings. The number of morpholine rings is 1. The number of fused-ring (bicyclic) bond motifs is 1. The summed E-state index contributed by atoms with van der Waals surface area (Å²) in [4.78, 5) is 36.9. The van der Waals surface area contributed by atoms with E-state index in [-0.39, 0.29) is 23.4 Å². The van der Waals surface area contributed by atoms with Crippen molar-refractivity contribution >= 4 is 27.5 Å². The van der Waals surface area contributed by atoms with E-state index >= 15 is 0 Å². The number of H-pyrrole nitrogens is 1. The Morgan fingerprint density at radius 1 is 1.12 bits per heavy atom. The van der Waals surface area contributed by atoms with Crippen LogP contribution in [0.2, 0.25) is 0 Å². The first-order chi connectivity index (χ1) is 20.5. The first-order valence-corrected chi connectivity index (χ1v) is 16.2. The van der Waals surface area contributed by atoms with Gasteiger partial charge in [0.05, 0.1) is 28.4 Å². The molecule has 2 aromatic carbocycles. The van der Waals surface area contributed by atoms with Gasteiger partial charge in [-0.05, 0) is 60.1 Å². The van der Waals surface area contributed by atoms with Gasteiger partial charge in [0, 0.05) is 55.0 Å². The molecule has 0 unspecified atom stereocenters. The van der Waals surface area contributed by atoms with Crippen molar-refractivity contribution in [2.45, 2.75) is 73.9 Å². The number of hydrogen-bond acceptors (Lipinski definition) is 6. The lowest BCUT2D eigenvalue weighted by Crippen LogP contribution is -2.35. The van der Waals surface area contributed by atoms with Gasteiger partial charge in [0.1, 0.15) is 0 Å². The third kappa shape index (κ3) is 7.43. The number of pyridine rings is 1. The second-order valence-electron chi connectivity index (χ2n) is 12.9. The number of nitrogens with zero attached hydrogens (tertiary/aromatic N) is 2. The van der Waals surface area contributed by atoms with Crippen LogP contribution in [0.3, 0.4) is 0 Å². The minimum absolute atomic E-state index is 0.0978. The van der Waals surface area contributed by atoms with Crippen molar-refractivity contribution in [3.05, 3.63) is 85.3 Å². The SMILES string of the molecule is CCCc1cc(C)[nH]c(=O)c1CNC(=O)c1cc(-c2ccc(CN3CCOCC3)cc2)c2sc(CC(C)(C)C)nc2c1C. The van der Waals surface area contributed by atoms with Crippen LogP contribution in [-0.2, 0) is 30.7 Å². The van der Waals surface area contributed by atoms with Crippen LogP contribution in [0.4, 0.5) is 0 Å². The van der Waals surface area contributed by atoms with Crippen LogP contribution in [0.1, 0.15) is 77.4 Å². The lowest BCUT2D eigenvalue weighted by molar-refractivity contribution is 0.0342. The summed E-state index contributed by atoms with van der Waals surface area (Å²) in [5.74, 6) is -0.197. The van der Waals surface area contributed by atoms with Gasteiger partial charge in [-0.3, -0.25) is 14.5 Å². The third-order valence-corrected chi connectivity index (χ3v) is 9.06. The topological polar surface area (TPSA) is 87.3 Å². The van der Waals surface area contributed by atoms with Crippen molar-refractivity contribution in [1.29, 1.82) is 0 Å². The first-order valence-electron chi connectivity index (χ1n) is 15.3. The molecule has 0 radical (unpaired) electrons. The van der Waals surface area contributed by atoms with Crippen molar-refractivity contribution in [2.24, 2.45) is 5.41 Å². The Morgan fingerprint density at radius 3 is 2.51 bits per heavy atom. The Bertz CT molecular complexity index is 1660. The van der Waals surface area contributed by atoms with E-state index in [1.807, 2.05) is 26.0 Å². The molecule has 1 aliphatic heterocycles. The number of benzene rings is 2. The molecule has 7 nitrogen and oxygen atoms in total. The average molecular weight is 601 g/mol. The zero-order valence-electron chi connectivity index (χ0n) is 26.4. The number of nitrogens with one attached hydrogen (secondary N) is 2. The van der Waals surface area contributed by atoms with Crippen LogP contribution in [0, 0.1) is 19.3 Å². The Hall–Kier alpha value is -3.33. The van der Waals surface area contributed by atoms with Crippen molar-refractivity contribution in [3.63, 3.8) is 0 Å². The van der Waals surface area contributed by atoms with Gasteiger partial charge >= 0.3 is 0 Å². The highest BCUT2D eigenvalue weighted by Gasteiger charge is 2.22. The fraction of sp³-hybridized carbons (Fsp3) is 0.457. The molecule has 2 aromatic heterocycles. The molecule has 1 saturated heterocycles. The predicted molar refractivity (Wildman–Crippen MR) is 176 cm³/mol. The Kier molecular flexibility index (Phi) is 9.49. The lowest BCUT2D eigenvalue weighted by atomic mass is 9.93. The average Bonchev–Trinajstić information content (AvgIpc) is 3.36. The van der Waals surface area contributed by atoms with Gasteiger partial charge in [-0.1, -0.05) is 58.4 Å². The number of amides is 1. The molecule has 0 atom stereocenters. The highest BCUT2D eigenvalue weighted by atomic mass is 32.1. The summed E-state index contributed by atoms with van der Waals surface area (Å²) in [7, 11) is 0. The van der Waals surface area contributed by atoms with Gasteiger partial charge in [0.15, 0.2) is 0 Å². The molecule has 4 aromatic rings. The molecule has 2 N–H and O–H groups in total. The van der Waals surface area contributed by atoms with Crippen molar-refractivity contribution in [2.75, 3.05) is 26.3 Å². The molecule has 0 bridgehead atoms. The molecule has 1 aliphatic rings. The van der Waals surface area contributed by atoms with Gasteiger partial charge < -0.3 is 15.0 Å². The van der Waals surface area contributed by atoms with E-state index in [0.29, 0.717) is 11.1 Å². The van der Waals surface area contributed by atoms with Gasteiger partial charge in [-0.25, -0.2) is 4.98 Å². The number of rotatable bonds is 9.